The van der Waals surface area contributed by atoms with E-state index < -0.39 is 0 Å². The molecule has 3 rings (SSSR count). The second kappa shape index (κ2) is 7.50. The predicted octanol–water partition coefficient (Wildman–Crippen LogP) is 4.62. The van der Waals surface area contributed by atoms with Crippen molar-refractivity contribution in [1.82, 2.24) is 4.98 Å². The van der Waals surface area contributed by atoms with Gasteiger partial charge < -0.3 is 9.47 Å². The Labute approximate surface area is 147 Å². The number of fused-ring (bicyclic) bond motifs is 1. The fourth-order valence-corrected chi connectivity index (χ4v) is 2.55. The van der Waals surface area contributed by atoms with Gasteiger partial charge in [-0.15, -0.1) is 0 Å². The Balaban J connectivity index is 1.84. The Morgan fingerprint density at radius 1 is 1.04 bits per heavy atom. The quantitative estimate of drug-likeness (QED) is 0.685. The molecule has 4 nitrogen and oxygen atoms in total. The number of aryl methyl sites for hydroxylation is 1. The minimum Gasteiger partial charge on any atom is -0.493 e. The summed E-state index contributed by atoms with van der Waals surface area (Å²) in [4.78, 5) is 4.65. The van der Waals surface area contributed by atoms with Crippen LogP contribution in [-0.2, 0) is 0 Å². The molecule has 0 saturated heterocycles. The lowest BCUT2D eigenvalue weighted by Gasteiger charge is -2.08. The molecule has 1 heterocycles. The lowest BCUT2D eigenvalue weighted by atomic mass is 10.1. The van der Waals surface area contributed by atoms with Crippen molar-refractivity contribution in [2.45, 2.75) is 6.92 Å². The number of hydrogen-bond donors (Lipinski definition) is 0. The van der Waals surface area contributed by atoms with Crippen LogP contribution in [0.4, 0.5) is 0 Å². The van der Waals surface area contributed by atoms with Gasteiger partial charge in [-0.2, -0.15) is 5.26 Å². The van der Waals surface area contributed by atoms with E-state index in [1.807, 2.05) is 42.5 Å². The van der Waals surface area contributed by atoms with Crippen LogP contribution >= 0.6 is 0 Å². The lowest BCUT2D eigenvalue weighted by molar-refractivity contribution is 0.329. The van der Waals surface area contributed by atoms with Crippen molar-refractivity contribution in [2.75, 3.05) is 13.7 Å². The van der Waals surface area contributed by atoms with Gasteiger partial charge in [0.2, 0.25) is 0 Å². The van der Waals surface area contributed by atoms with Crippen molar-refractivity contribution in [3.63, 3.8) is 0 Å². The fraction of sp³-hybridized carbons (Fsp3) is 0.143. The zero-order valence-electron chi connectivity index (χ0n) is 14.2. The molecule has 25 heavy (non-hydrogen) atoms. The van der Waals surface area contributed by atoms with Gasteiger partial charge in [-0.25, -0.2) is 4.98 Å². The van der Waals surface area contributed by atoms with Crippen LogP contribution in [0.25, 0.3) is 23.1 Å². The molecule has 0 saturated carbocycles. The highest BCUT2D eigenvalue weighted by Crippen LogP contribution is 2.28. The monoisotopic (exact) mass is 330 g/mol. The zero-order valence-corrected chi connectivity index (χ0v) is 14.2. The minimum atomic E-state index is -0.00791. The molecule has 0 atom stereocenters. The minimum absolute atomic E-state index is 0.00791. The molecule has 0 aliphatic carbocycles. The summed E-state index contributed by atoms with van der Waals surface area (Å²) in [7, 11) is 1.58. The number of hydrogen-bond acceptors (Lipinski definition) is 4. The van der Waals surface area contributed by atoms with E-state index in [4.69, 9.17) is 14.7 Å². The number of methoxy groups -OCH3 is 1. The number of nitrogens with zero attached hydrogens (tertiary/aromatic N) is 2. The van der Waals surface area contributed by atoms with E-state index in [0.29, 0.717) is 11.5 Å². The smallest absolute Gasteiger partial charge is 0.174 e. The molecular formula is C21H18N2O2. The summed E-state index contributed by atoms with van der Waals surface area (Å²) in [5.41, 5.74) is 4.06. The number of pyridine rings is 1. The van der Waals surface area contributed by atoms with Crippen molar-refractivity contribution >= 4 is 23.1 Å². The van der Waals surface area contributed by atoms with Crippen LogP contribution < -0.4 is 9.47 Å². The summed E-state index contributed by atoms with van der Waals surface area (Å²) in [6, 6.07) is 17.8. The Bertz CT molecular complexity index is 971. The van der Waals surface area contributed by atoms with Gasteiger partial charge in [0.25, 0.3) is 0 Å². The third-order valence-electron chi connectivity index (χ3n) is 3.79. The maximum absolute atomic E-state index is 8.61. The van der Waals surface area contributed by atoms with E-state index in [2.05, 4.69) is 30.1 Å². The van der Waals surface area contributed by atoms with Gasteiger partial charge in [0, 0.05) is 5.39 Å². The normalized spacial score (nSPS) is 10.8. The second-order valence-corrected chi connectivity index (χ2v) is 5.62. The molecule has 0 bridgehead atoms. The van der Waals surface area contributed by atoms with E-state index in [1.54, 1.807) is 13.2 Å². The van der Waals surface area contributed by atoms with E-state index in [0.717, 1.165) is 22.2 Å². The molecule has 2 aromatic carbocycles. The third kappa shape index (κ3) is 3.96. The summed E-state index contributed by atoms with van der Waals surface area (Å²) in [5.74, 6) is 1.15. The van der Waals surface area contributed by atoms with Crippen LogP contribution in [0.15, 0.2) is 48.5 Å². The Morgan fingerprint density at radius 3 is 2.72 bits per heavy atom. The van der Waals surface area contributed by atoms with Gasteiger partial charge >= 0.3 is 0 Å². The van der Waals surface area contributed by atoms with Crippen molar-refractivity contribution in [3.8, 4) is 17.6 Å². The molecule has 0 amide bonds. The van der Waals surface area contributed by atoms with Crippen molar-refractivity contribution in [2.24, 2.45) is 0 Å². The maximum Gasteiger partial charge on any atom is 0.174 e. The Morgan fingerprint density at radius 2 is 1.92 bits per heavy atom. The Kier molecular flexibility index (Phi) is 4.96. The van der Waals surface area contributed by atoms with Gasteiger partial charge in [-0.1, -0.05) is 29.8 Å². The highest BCUT2D eigenvalue weighted by atomic mass is 16.5. The second-order valence-electron chi connectivity index (χ2n) is 5.62. The van der Waals surface area contributed by atoms with Gasteiger partial charge in [0.1, 0.15) is 6.07 Å². The summed E-state index contributed by atoms with van der Waals surface area (Å²) in [5, 5.41) is 9.75. The van der Waals surface area contributed by atoms with Gasteiger partial charge in [0.05, 0.1) is 18.3 Å². The van der Waals surface area contributed by atoms with Gasteiger partial charge in [-0.3, -0.25) is 0 Å². The Hall–Kier alpha value is -3.32. The first-order chi connectivity index (χ1) is 12.2. The summed E-state index contributed by atoms with van der Waals surface area (Å²) in [6.45, 7) is 2.07. The van der Waals surface area contributed by atoms with Gasteiger partial charge in [-0.05, 0) is 48.9 Å². The largest absolute Gasteiger partial charge is 0.493 e. The van der Waals surface area contributed by atoms with E-state index >= 15 is 0 Å². The van der Waals surface area contributed by atoms with Crippen LogP contribution in [0.5, 0.6) is 11.5 Å². The molecule has 124 valence electrons. The molecule has 4 heteroatoms. The molecule has 3 aromatic rings. The van der Waals surface area contributed by atoms with E-state index in [1.165, 1.54) is 5.56 Å². The van der Waals surface area contributed by atoms with Crippen LogP contribution in [0.2, 0.25) is 0 Å². The summed E-state index contributed by atoms with van der Waals surface area (Å²) in [6.07, 6.45) is 3.93. The van der Waals surface area contributed by atoms with Crippen molar-refractivity contribution in [1.29, 1.82) is 5.26 Å². The van der Waals surface area contributed by atoms with Crippen LogP contribution in [0, 0.1) is 18.3 Å². The predicted molar refractivity (Wildman–Crippen MR) is 99.5 cm³/mol. The highest BCUT2D eigenvalue weighted by Gasteiger charge is 2.04. The third-order valence-corrected chi connectivity index (χ3v) is 3.79. The van der Waals surface area contributed by atoms with Crippen molar-refractivity contribution < 1.29 is 9.47 Å². The first kappa shape index (κ1) is 16.5. The number of rotatable bonds is 5. The molecular weight excluding hydrogens is 312 g/mol. The van der Waals surface area contributed by atoms with Crippen LogP contribution in [0.1, 0.15) is 16.8 Å². The van der Waals surface area contributed by atoms with Crippen LogP contribution in [0.3, 0.4) is 0 Å². The molecule has 0 N–H and O–H groups in total. The molecule has 0 radical (unpaired) electrons. The number of aromatic nitrogens is 1. The zero-order chi connectivity index (χ0) is 17.6. The highest BCUT2D eigenvalue weighted by molar-refractivity contribution is 5.81. The number of nitriles is 1. The SMILES string of the molecule is COc1cc(C=Cc2ccc3cc(C)ccc3n2)ccc1OCC#N. The standard InChI is InChI=1S/C21H18N2O2/c1-15-3-9-19-17(13-15)6-8-18(23-19)7-4-16-5-10-20(25-12-11-22)21(14-16)24-2/h3-10,13-14H,12H2,1-2H3. The van der Waals surface area contributed by atoms with E-state index in [9.17, 15) is 0 Å². The van der Waals surface area contributed by atoms with Crippen LogP contribution in [-0.4, -0.2) is 18.7 Å². The first-order valence-corrected chi connectivity index (χ1v) is 7.93. The molecule has 0 unspecified atom stereocenters. The number of benzene rings is 2. The molecule has 0 aliphatic rings. The summed E-state index contributed by atoms with van der Waals surface area (Å²) < 4.78 is 10.7. The molecule has 0 aliphatic heterocycles. The first-order valence-electron chi connectivity index (χ1n) is 7.93. The molecule has 1 aromatic heterocycles. The topological polar surface area (TPSA) is 55.1 Å². The summed E-state index contributed by atoms with van der Waals surface area (Å²) >= 11 is 0. The maximum atomic E-state index is 8.61. The fourth-order valence-electron chi connectivity index (χ4n) is 2.55. The molecule has 0 spiro atoms. The lowest BCUT2D eigenvalue weighted by Crippen LogP contribution is -1.96. The average molecular weight is 330 g/mol. The van der Waals surface area contributed by atoms with E-state index in [-0.39, 0.29) is 6.61 Å². The average Bonchev–Trinajstić information content (AvgIpc) is 2.64. The van der Waals surface area contributed by atoms with Crippen molar-refractivity contribution in [3.05, 3.63) is 65.4 Å². The molecule has 0 fully saturated rings. The van der Waals surface area contributed by atoms with Gasteiger partial charge in [0.15, 0.2) is 18.1 Å². The number of ether oxygens (including phenoxy) is 2.